The summed E-state index contributed by atoms with van der Waals surface area (Å²) in [5.74, 6) is 0. The minimum atomic E-state index is 0.435. The third-order valence-electron chi connectivity index (χ3n) is 1.97. The van der Waals surface area contributed by atoms with Gasteiger partial charge in [-0.05, 0) is 54.9 Å². The molecular formula is C10H5Br2NS. The first-order chi connectivity index (χ1) is 6.74. The second kappa shape index (κ2) is 4.01. The van der Waals surface area contributed by atoms with Gasteiger partial charge in [-0.25, -0.2) is 0 Å². The third-order valence-corrected chi connectivity index (χ3v) is 4.74. The number of fused-ring (bicyclic) bond motifs is 1. The summed E-state index contributed by atoms with van der Waals surface area (Å²) in [6, 6.07) is 6.23. The van der Waals surface area contributed by atoms with Crippen LogP contribution in [0, 0.1) is 11.3 Å². The van der Waals surface area contributed by atoms with E-state index in [2.05, 4.69) is 49.4 Å². The Labute approximate surface area is 103 Å². The van der Waals surface area contributed by atoms with Gasteiger partial charge in [0.2, 0.25) is 0 Å². The quantitative estimate of drug-likeness (QED) is 0.755. The van der Waals surface area contributed by atoms with Crippen LogP contribution in [-0.4, -0.2) is 0 Å². The Balaban J connectivity index is 2.76. The van der Waals surface area contributed by atoms with Crippen molar-refractivity contribution in [2.45, 2.75) is 6.42 Å². The fourth-order valence-corrected chi connectivity index (χ4v) is 3.63. The number of nitrogens with zero attached hydrogens (tertiary/aromatic N) is 1. The lowest BCUT2D eigenvalue weighted by molar-refractivity contribution is 1.25. The van der Waals surface area contributed by atoms with E-state index in [4.69, 9.17) is 5.26 Å². The van der Waals surface area contributed by atoms with E-state index >= 15 is 0 Å². The van der Waals surface area contributed by atoms with Crippen molar-refractivity contribution in [3.63, 3.8) is 0 Å². The molecule has 14 heavy (non-hydrogen) atoms. The highest BCUT2D eigenvalue weighted by Gasteiger charge is 2.09. The fourth-order valence-electron chi connectivity index (χ4n) is 1.34. The summed E-state index contributed by atoms with van der Waals surface area (Å²) in [5, 5.41) is 11.9. The van der Waals surface area contributed by atoms with Gasteiger partial charge in [-0.3, -0.25) is 0 Å². The zero-order valence-corrected chi connectivity index (χ0v) is 11.0. The van der Waals surface area contributed by atoms with Gasteiger partial charge in [0.15, 0.2) is 0 Å². The maximum atomic E-state index is 8.67. The van der Waals surface area contributed by atoms with Gasteiger partial charge >= 0.3 is 0 Å². The van der Waals surface area contributed by atoms with Crippen LogP contribution in [0.25, 0.3) is 10.1 Å². The Morgan fingerprint density at radius 1 is 1.43 bits per heavy atom. The molecule has 1 heterocycles. The van der Waals surface area contributed by atoms with Crippen LogP contribution >= 0.6 is 43.2 Å². The van der Waals surface area contributed by atoms with E-state index in [0.29, 0.717) is 6.42 Å². The molecule has 0 amide bonds. The van der Waals surface area contributed by atoms with Gasteiger partial charge in [0, 0.05) is 19.0 Å². The standard InChI is InChI=1S/C10H5Br2NS/c11-8-5-6(1-3-13)9(12)7-2-4-14-10(7)8/h2,4-5H,1H2. The molecule has 0 fully saturated rings. The van der Waals surface area contributed by atoms with Crippen molar-refractivity contribution in [2.75, 3.05) is 0 Å². The molecule has 1 aromatic heterocycles. The maximum Gasteiger partial charge on any atom is 0.0670 e. The minimum absolute atomic E-state index is 0.435. The first-order valence-corrected chi connectivity index (χ1v) is 6.41. The van der Waals surface area contributed by atoms with E-state index in [1.807, 2.05) is 6.07 Å². The van der Waals surface area contributed by atoms with Gasteiger partial charge in [0.25, 0.3) is 0 Å². The van der Waals surface area contributed by atoms with E-state index in [1.54, 1.807) is 11.3 Å². The van der Waals surface area contributed by atoms with E-state index in [0.717, 1.165) is 14.5 Å². The predicted molar refractivity (Wildman–Crippen MR) is 66.5 cm³/mol. The molecule has 4 heteroatoms. The number of benzene rings is 1. The summed E-state index contributed by atoms with van der Waals surface area (Å²) >= 11 is 8.74. The Bertz CT molecular complexity index is 525. The molecule has 0 bridgehead atoms. The van der Waals surface area contributed by atoms with E-state index in [-0.39, 0.29) is 0 Å². The first-order valence-electron chi connectivity index (χ1n) is 3.95. The number of rotatable bonds is 1. The van der Waals surface area contributed by atoms with Gasteiger partial charge in [-0.15, -0.1) is 11.3 Å². The highest BCUT2D eigenvalue weighted by Crippen LogP contribution is 2.36. The SMILES string of the molecule is N#CCc1cc(Br)c2sccc2c1Br. The molecule has 0 aliphatic heterocycles. The smallest absolute Gasteiger partial charge is 0.0670 e. The van der Waals surface area contributed by atoms with E-state index in [9.17, 15) is 0 Å². The topological polar surface area (TPSA) is 23.8 Å². The van der Waals surface area contributed by atoms with Crippen molar-refractivity contribution >= 4 is 53.3 Å². The molecular weight excluding hydrogens is 326 g/mol. The molecule has 0 radical (unpaired) electrons. The average molecular weight is 331 g/mol. The summed E-state index contributed by atoms with van der Waals surface area (Å²) < 4.78 is 3.33. The molecule has 0 aliphatic carbocycles. The second-order valence-corrected chi connectivity index (χ2v) is 5.39. The summed E-state index contributed by atoms with van der Waals surface area (Å²) in [6.45, 7) is 0. The van der Waals surface area contributed by atoms with Gasteiger partial charge in [0.1, 0.15) is 0 Å². The van der Waals surface area contributed by atoms with Crippen LogP contribution in [0.3, 0.4) is 0 Å². The Kier molecular flexibility index (Phi) is 2.91. The van der Waals surface area contributed by atoms with Crippen molar-refractivity contribution in [2.24, 2.45) is 0 Å². The number of thiophene rings is 1. The van der Waals surface area contributed by atoms with Gasteiger partial charge in [-0.2, -0.15) is 5.26 Å². The summed E-state index contributed by atoms with van der Waals surface area (Å²) in [5.41, 5.74) is 1.03. The third kappa shape index (κ3) is 1.60. The Morgan fingerprint density at radius 3 is 2.93 bits per heavy atom. The van der Waals surface area contributed by atoms with Crippen LogP contribution in [0.1, 0.15) is 5.56 Å². The maximum absolute atomic E-state index is 8.67. The molecule has 2 rings (SSSR count). The van der Waals surface area contributed by atoms with Crippen LogP contribution in [-0.2, 0) is 6.42 Å². The lowest BCUT2D eigenvalue weighted by atomic mass is 10.1. The Morgan fingerprint density at radius 2 is 2.21 bits per heavy atom. The normalized spacial score (nSPS) is 10.4. The highest BCUT2D eigenvalue weighted by atomic mass is 79.9. The number of halogens is 2. The number of nitriles is 1. The van der Waals surface area contributed by atoms with Crippen LogP contribution < -0.4 is 0 Å². The summed E-state index contributed by atoms with van der Waals surface area (Å²) in [4.78, 5) is 0. The Hall–Kier alpha value is -0.370. The highest BCUT2D eigenvalue weighted by molar-refractivity contribution is 9.11. The lowest BCUT2D eigenvalue weighted by Gasteiger charge is -2.03. The van der Waals surface area contributed by atoms with Crippen LogP contribution in [0.5, 0.6) is 0 Å². The van der Waals surface area contributed by atoms with Crippen molar-refractivity contribution in [3.05, 3.63) is 32.0 Å². The molecule has 0 unspecified atom stereocenters. The molecule has 0 N–H and O–H groups in total. The van der Waals surface area contributed by atoms with Crippen molar-refractivity contribution in [1.82, 2.24) is 0 Å². The lowest BCUT2D eigenvalue weighted by Crippen LogP contribution is -1.84. The summed E-state index contributed by atoms with van der Waals surface area (Å²) in [6.07, 6.45) is 0.435. The van der Waals surface area contributed by atoms with Gasteiger partial charge in [0.05, 0.1) is 12.5 Å². The van der Waals surface area contributed by atoms with Gasteiger partial charge < -0.3 is 0 Å². The molecule has 0 saturated heterocycles. The molecule has 1 nitrogen and oxygen atoms in total. The monoisotopic (exact) mass is 329 g/mol. The summed E-state index contributed by atoms with van der Waals surface area (Å²) in [7, 11) is 0. The number of hydrogen-bond acceptors (Lipinski definition) is 2. The van der Waals surface area contributed by atoms with Crippen LogP contribution in [0.2, 0.25) is 0 Å². The molecule has 1 aromatic carbocycles. The zero-order chi connectivity index (χ0) is 10.1. The second-order valence-electron chi connectivity index (χ2n) is 2.83. The van der Waals surface area contributed by atoms with E-state index in [1.165, 1.54) is 10.1 Å². The molecule has 0 saturated carbocycles. The van der Waals surface area contributed by atoms with Gasteiger partial charge in [-0.1, -0.05) is 0 Å². The average Bonchev–Trinajstić information content (AvgIpc) is 2.63. The van der Waals surface area contributed by atoms with Crippen molar-refractivity contribution in [1.29, 1.82) is 5.26 Å². The molecule has 0 atom stereocenters. The first kappa shape index (κ1) is 10.2. The largest absolute Gasteiger partial charge is 0.198 e. The molecule has 0 spiro atoms. The minimum Gasteiger partial charge on any atom is -0.198 e. The van der Waals surface area contributed by atoms with Crippen molar-refractivity contribution in [3.8, 4) is 6.07 Å². The zero-order valence-electron chi connectivity index (χ0n) is 7.05. The van der Waals surface area contributed by atoms with E-state index < -0.39 is 0 Å². The predicted octanol–water partition coefficient (Wildman–Crippen LogP) is 4.49. The number of hydrogen-bond donors (Lipinski definition) is 0. The molecule has 70 valence electrons. The molecule has 0 aliphatic rings. The van der Waals surface area contributed by atoms with Crippen molar-refractivity contribution < 1.29 is 0 Å². The van der Waals surface area contributed by atoms with Crippen LogP contribution in [0.15, 0.2) is 26.5 Å². The molecule has 2 aromatic rings. The fraction of sp³-hybridized carbons (Fsp3) is 0.100. The van der Waals surface area contributed by atoms with Crippen LogP contribution in [0.4, 0.5) is 0 Å².